The molecule has 2 heterocycles. The summed E-state index contributed by atoms with van der Waals surface area (Å²) in [5.74, 6) is -0.0743. The normalized spacial score (nSPS) is 17.3. The van der Waals surface area contributed by atoms with Gasteiger partial charge in [-0.1, -0.05) is 6.92 Å². The van der Waals surface area contributed by atoms with Crippen LogP contribution in [0.3, 0.4) is 0 Å². The quantitative estimate of drug-likeness (QED) is 0.792. The molecule has 1 aliphatic rings. The van der Waals surface area contributed by atoms with E-state index in [2.05, 4.69) is 22.1 Å². The first kappa shape index (κ1) is 15.0. The molecule has 1 aromatic rings. The summed E-state index contributed by atoms with van der Waals surface area (Å²) in [4.78, 5) is 18.7. The molecule has 1 amide bonds. The molecule has 0 unspecified atom stereocenters. The number of rotatable bonds is 6. The highest BCUT2D eigenvalue weighted by Gasteiger charge is 2.21. The van der Waals surface area contributed by atoms with Crippen molar-refractivity contribution in [2.45, 2.75) is 38.8 Å². The molecule has 1 aromatic heterocycles. The largest absolute Gasteiger partial charge is 0.348 e. The van der Waals surface area contributed by atoms with E-state index in [0.29, 0.717) is 18.8 Å². The van der Waals surface area contributed by atoms with Crippen LogP contribution in [-0.4, -0.2) is 52.6 Å². The first-order valence-electron chi connectivity index (χ1n) is 7.48. The molecule has 0 saturated carbocycles. The molecule has 20 heavy (non-hydrogen) atoms. The summed E-state index contributed by atoms with van der Waals surface area (Å²) in [5.41, 5.74) is 5.96. The summed E-state index contributed by atoms with van der Waals surface area (Å²) in [6.07, 6.45) is 6.65. The number of carbonyl (C=O) groups excluding carboxylic acids is 1. The number of hydrogen-bond donors (Lipinski definition) is 2. The van der Waals surface area contributed by atoms with Gasteiger partial charge in [-0.3, -0.25) is 4.79 Å². The number of likely N-dealkylation sites (tertiary alicyclic amines) is 1. The molecule has 0 atom stereocenters. The predicted molar refractivity (Wildman–Crippen MR) is 78.5 cm³/mol. The van der Waals surface area contributed by atoms with E-state index in [0.717, 1.165) is 32.5 Å². The molecule has 6 heteroatoms. The highest BCUT2D eigenvalue weighted by atomic mass is 16.2. The molecule has 112 valence electrons. The second-order valence-corrected chi connectivity index (χ2v) is 5.37. The fraction of sp³-hybridized carbons (Fsp3) is 0.714. The number of imidazole rings is 1. The number of amides is 1. The van der Waals surface area contributed by atoms with Gasteiger partial charge in [-0.05, 0) is 25.8 Å². The molecular weight excluding hydrogens is 254 g/mol. The molecule has 6 nitrogen and oxygen atoms in total. The van der Waals surface area contributed by atoms with E-state index >= 15 is 0 Å². The molecule has 0 aromatic carbocycles. The SMILES string of the molecule is CCCN1CCC(NC(=O)c2cn(CCN)cn2)CC1. The first-order chi connectivity index (χ1) is 9.72. The van der Waals surface area contributed by atoms with Gasteiger partial charge in [0, 0.05) is 38.4 Å². The van der Waals surface area contributed by atoms with Gasteiger partial charge in [0.2, 0.25) is 0 Å². The minimum atomic E-state index is -0.0743. The van der Waals surface area contributed by atoms with Crippen molar-refractivity contribution in [3.05, 3.63) is 18.2 Å². The molecule has 0 spiro atoms. The van der Waals surface area contributed by atoms with E-state index in [1.54, 1.807) is 12.5 Å². The third-order valence-electron chi connectivity index (χ3n) is 3.72. The lowest BCUT2D eigenvalue weighted by molar-refractivity contribution is 0.0906. The smallest absolute Gasteiger partial charge is 0.271 e. The summed E-state index contributed by atoms with van der Waals surface area (Å²) in [6.45, 7) is 6.74. The maximum absolute atomic E-state index is 12.1. The van der Waals surface area contributed by atoms with Crippen LogP contribution in [0.5, 0.6) is 0 Å². The number of carbonyl (C=O) groups is 1. The summed E-state index contributed by atoms with van der Waals surface area (Å²) in [5, 5.41) is 3.08. The van der Waals surface area contributed by atoms with Crippen molar-refractivity contribution in [2.75, 3.05) is 26.2 Å². The van der Waals surface area contributed by atoms with Crippen LogP contribution in [0.15, 0.2) is 12.5 Å². The number of nitrogens with two attached hydrogens (primary N) is 1. The van der Waals surface area contributed by atoms with Gasteiger partial charge in [-0.15, -0.1) is 0 Å². The first-order valence-corrected chi connectivity index (χ1v) is 7.48. The maximum atomic E-state index is 12.1. The summed E-state index contributed by atoms with van der Waals surface area (Å²) in [6, 6.07) is 0.273. The fourth-order valence-electron chi connectivity index (χ4n) is 2.63. The van der Waals surface area contributed by atoms with Crippen LogP contribution >= 0.6 is 0 Å². The van der Waals surface area contributed by atoms with Crippen molar-refractivity contribution in [1.82, 2.24) is 19.8 Å². The standard InChI is InChI=1S/C14H25N5O/c1-2-6-18-7-3-12(4-8-18)17-14(20)13-10-19(9-5-15)11-16-13/h10-12H,2-9,15H2,1H3,(H,17,20). The van der Waals surface area contributed by atoms with Gasteiger partial charge in [-0.2, -0.15) is 0 Å². The lowest BCUT2D eigenvalue weighted by atomic mass is 10.0. The summed E-state index contributed by atoms with van der Waals surface area (Å²) >= 11 is 0. The zero-order valence-electron chi connectivity index (χ0n) is 12.2. The van der Waals surface area contributed by atoms with E-state index in [-0.39, 0.29) is 11.9 Å². The molecule has 1 fully saturated rings. The second kappa shape index (κ2) is 7.40. The van der Waals surface area contributed by atoms with Crippen molar-refractivity contribution in [3.63, 3.8) is 0 Å². The average Bonchev–Trinajstić information content (AvgIpc) is 2.90. The van der Waals surface area contributed by atoms with E-state index in [1.165, 1.54) is 6.42 Å². The lowest BCUT2D eigenvalue weighted by Crippen LogP contribution is -2.44. The second-order valence-electron chi connectivity index (χ2n) is 5.37. The summed E-state index contributed by atoms with van der Waals surface area (Å²) in [7, 11) is 0. The fourth-order valence-corrected chi connectivity index (χ4v) is 2.63. The van der Waals surface area contributed by atoms with Crippen LogP contribution in [0, 0.1) is 0 Å². The Balaban J connectivity index is 1.79. The van der Waals surface area contributed by atoms with Gasteiger partial charge in [0.25, 0.3) is 5.91 Å². The minimum absolute atomic E-state index is 0.0743. The topological polar surface area (TPSA) is 76.2 Å². The van der Waals surface area contributed by atoms with E-state index in [4.69, 9.17) is 5.73 Å². The third-order valence-corrected chi connectivity index (χ3v) is 3.72. The minimum Gasteiger partial charge on any atom is -0.348 e. The molecule has 1 aliphatic heterocycles. The molecule has 0 bridgehead atoms. The van der Waals surface area contributed by atoms with Crippen molar-refractivity contribution in [1.29, 1.82) is 0 Å². The van der Waals surface area contributed by atoms with Gasteiger partial charge in [0.05, 0.1) is 6.33 Å². The zero-order chi connectivity index (χ0) is 14.4. The number of piperidine rings is 1. The van der Waals surface area contributed by atoms with Crippen molar-refractivity contribution in [3.8, 4) is 0 Å². The van der Waals surface area contributed by atoms with E-state index in [1.807, 2.05) is 4.57 Å². The van der Waals surface area contributed by atoms with Gasteiger partial charge in [-0.25, -0.2) is 4.98 Å². The summed E-state index contributed by atoms with van der Waals surface area (Å²) < 4.78 is 1.85. The Kier molecular flexibility index (Phi) is 5.55. The van der Waals surface area contributed by atoms with E-state index in [9.17, 15) is 4.79 Å². The number of hydrogen-bond acceptors (Lipinski definition) is 4. The Hall–Kier alpha value is -1.40. The number of nitrogens with one attached hydrogen (secondary N) is 1. The van der Waals surface area contributed by atoms with Gasteiger partial charge < -0.3 is 20.5 Å². The van der Waals surface area contributed by atoms with Crippen LogP contribution in [-0.2, 0) is 6.54 Å². The van der Waals surface area contributed by atoms with Crippen molar-refractivity contribution < 1.29 is 4.79 Å². The Morgan fingerprint density at radius 1 is 1.45 bits per heavy atom. The monoisotopic (exact) mass is 279 g/mol. The molecule has 1 saturated heterocycles. The number of aromatic nitrogens is 2. The Bertz CT molecular complexity index is 423. The van der Waals surface area contributed by atoms with Gasteiger partial charge in [0.1, 0.15) is 5.69 Å². The molecule has 0 aliphatic carbocycles. The van der Waals surface area contributed by atoms with Crippen LogP contribution < -0.4 is 11.1 Å². The third kappa shape index (κ3) is 4.05. The molecule has 0 radical (unpaired) electrons. The predicted octanol–water partition coefficient (Wildman–Crippen LogP) is 0.446. The lowest BCUT2D eigenvalue weighted by Gasteiger charge is -2.31. The number of nitrogens with zero attached hydrogens (tertiary/aromatic N) is 3. The Morgan fingerprint density at radius 3 is 2.85 bits per heavy atom. The Labute approximate surface area is 120 Å². The zero-order valence-corrected chi connectivity index (χ0v) is 12.2. The van der Waals surface area contributed by atoms with Crippen LogP contribution in [0.1, 0.15) is 36.7 Å². The average molecular weight is 279 g/mol. The molecule has 2 rings (SSSR count). The van der Waals surface area contributed by atoms with E-state index < -0.39 is 0 Å². The van der Waals surface area contributed by atoms with Crippen LogP contribution in [0.25, 0.3) is 0 Å². The maximum Gasteiger partial charge on any atom is 0.271 e. The highest BCUT2D eigenvalue weighted by Crippen LogP contribution is 2.11. The van der Waals surface area contributed by atoms with Crippen LogP contribution in [0.4, 0.5) is 0 Å². The van der Waals surface area contributed by atoms with Gasteiger partial charge >= 0.3 is 0 Å². The van der Waals surface area contributed by atoms with Crippen molar-refractivity contribution >= 4 is 5.91 Å². The van der Waals surface area contributed by atoms with Gasteiger partial charge in [0.15, 0.2) is 0 Å². The molecule has 3 N–H and O–H groups in total. The van der Waals surface area contributed by atoms with Crippen molar-refractivity contribution in [2.24, 2.45) is 5.73 Å². The molecular formula is C14H25N5O. The Morgan fingerprint density at radius 2 is 2.20 bits per heavy atom. The highest BCUT2D eigenvalue weighted by molar-refractivity contribution is 5.92. The van der Waals surface area contributed by atoms with Crippen LogP contribution in [0.2, 0.25) is 0 Å².